The monoisotopic (exact) mass is 238 g/mol. The van der Waals surface area contributed by atoms with Crippen LogP contribution in [0.3, 0.4) is 0 Å². The van der Waals surface area contributed by atoms with Crippen LogP contribution in [0.5, 0.6) is 0 Å². The van der Waals surface area contributed by atoms with Gasteiger partial charge in [0.2, 0.25) is 0 Å². The minimum absolute atomic E-state index is 0.630. The van der Waals surface area contributed by atoms with Crippen LogP contribution in [-0.2, 0) is 18.9 Å². The second-order valence-electron chi connectivity index (χ2n) is 3.23. The van der Waals surface area contributed by atoms with Gasteiger partial charge >= 0.3 is 11.9 Å². The van der Waals surface area contributed by atoms with Crippen LogP contribution in [0.2, 0.25) is 0 Å². The molecule has 0 aliphatic rings. The Morgan fingerprint density at radius 3 is 2.40 bits per heavy atom. The van der Waals surface area contributed by atoms with E-state index in [1.54, 1.807) is 0 Å². The summed E-state index contributed by atoms with van der Waals surface area (Å²) >= 11 is 0. The zero-order valence-electron chi connectivity index (χ0n) is 8.73. The molecular weight excluding hydrogens is 223 g/mol. The number of aliphatic carboxylic acids is 1. The number of nitrogens with one attached hydrogen (secondary N) is 1. The van der Waals surface area contributed by atoms with Crippen molar-refractivity contribution in [2.24, 2.45) is 5.73 Å². The number of carboxylic acid groups (broad SMARTS) is 1. The summed E-state index contributed by atoms with van der Waals surface area (Å²) in [4.78, 5) is 21.6. The molecule has 0 spiro atoms. The van der Waals surface area contributed by atoms with Gasteiger partial charge in [-0.3, -0.25) is 9.88 Å². The van der Waals surface area contributed by atoms with E-state index in [9.17, 15) is 14.2 Å². The first kappa shape index (κ1) is 14.1. The predicted octanol–water partition coefficient (Wildman–Crippen LogP) is -0.628. The molecule has 3 atom stereocenters. The number of esters is 1. The van der Waals surface area contributed by atoms with Crippen molar-refractivity contribution in [2.75, 3.05) is 7.11 Å². The number of hydrogen-bond acceptors (Lipinski definition) is 5. The smallest absolute Gasteiger partial charge is 0.332 e. The minimum Gasteiger partial charge on any atom is -0.479 e. The van der Waals surface area contributed by atoms with E-state index in [1.165, 1.54) is 14.0 Å². The van der Waals surface area contributed by atoms with Gasteiger partial charge in [-0.15, -0.1) is 0 Å². The van der Waals surface area contributed by atoms with Crippen molar-refractivity contribution in [3.8, 4) is 0 Å². The second kappa shape index (κ2) is 5.25. The lowest BCUT2D eigenvalue weighted by molar-refractivity contribution is -0.142. The molecule has 15 heavy (non-hydrogen) atoms. The minimum atomic E-state index is -2.84. The van der Waals surface area contributed by atoms with Crippen molar-refractivity contribution in [3.63, 3.8) is 0 Å². The summed E-state index contributed by atoms with van der Waals surface area (Å²) < 4.78 is 15.9. The fourth-order valence-electron chi connectivity index (χ4n) is 0.679. The molecule has 0 heterocycles. The number of methoxy groups -OCH3 is 1. The van der Waals surface area contributed by atoms with E-state index in [0.717, 1.165) is 6.92 Å². The molecule has 88 valence electrons. The van der Waals surface area contributed by atoms with Crippen molar-refractivity contribution in [3.05, 3.63) is 0 Å². The molecule has 3 unspecified atom stereocenters. The van der Waals surface area contributed by atoms with Gasteiger partial charge in [-0.2, -0.15) is 0 Å². The molecule has 0 fully saturated rings. The largest absolute Gasteiger partial charge is 0.479 e. The van der Waals surface area contributed by atoms with Gasteiger partial charge in [0.25, 0.3) is 0 Å². The number of rotatable bonds is 5. The first-order valence-corrected chi connectivity index (χ1v) is 5.55. The Labute approximate surface area is 87.8 Å². The summed E-state index contributed by atoms with van der Waals surface area (Å²) in [6, 6.07) is -0.858. The van der Waals surface area contributed by atoms with Gasteiger partial charge < -0.3 is 20.1 Å². The third-order valence-electron chi connectivity index (χ3n) is 1.82. The van der Waals surface area contributed by atoms with Gasteiger partial charge in [0.1, 0.15) is 6.04 Å². The normalized spacial score (nSPS) is 18.7. The Morgan fingerprint density at radius 1 is 1.60 bits per heavy atom. The molecule has 0 amide bonds. The molecule has 0 aromatic rings. The van der Waals surface area contributed by atoms with Crippen LogP contribution in [0.15, 0.2) is 0 Å². The number of hydrogen-bond donors (Lipinski definition) is 3. The highest BCUT2D eigenvalue weighted by molar-refractivity contribution is 7.45. The van der Waals surface area contributed by atoms with Crippen LogP contribution < -0.4 is 10.8 Å². The quantitative estimate of drug-likeness (QED) is 0.431. The SMILES string of the molecule is COC(=O)C(C)N[PH](=O)C(C)(N)C(=O)O. The summed E-state index contributed by atoms with van der Waals surface area (Å²) in [5, 5.41) is 9.10. The molecule has 0 saturated heterocycles. The van der Waals surface area contributed by atoms with Crippen LogP contribution >= 0.6 is 7.95 Å². The summed E-state index contributed by atoms with van der Waals surface area (Å²) in [6.45, 7) is 2.53. The maximum absolute atomic E-state index is 11.5. The number of ether oxygens (including phenoxy) is 1. The first-order chi connectivity index (χ1) is 6.73. The van der Waals surface area contributed by atoms with Crippen molar-refractivity contribution >= 4 is 19.9 Å². The fraction of sp³-hybridized carbons (Fsp3) is 0.714. The molecule has 8 heteroatoms. The lowest BCUT2D eigenvalue weighted by Crippen LogP contribution is -2.45. The van der Waals surface area contributed by atoms with Gasteiger partial charge in [-0.25, -0.2) is 4.79 Å². The lowest BCUT2D eigenvalue weighted by atomic mass is 10.4. The number of nitrogens with two attached hydrogens (primary N) is 1. The van der Waals surface area contributed by atoms with Crippen molar-refractivity contribution in [2.45, 2.75) is 25.2 Å². The Balaban J connectivity index is 4.50. The van der Waals surface area contributed by atoms with Crippen LogP contribution in [-0.4, -0.2) is 35.5 Å². The van der Waals surface area contributed by atoms with Gasteiger partial charge in [0, 0.05) is 0 Å². The van der Waals surface area contributed by atoms with E-state index < -0.39 is 31.2 Å². The average Bonchev–Trinajstić information content (AvgIpc) is 2.15. The van der Waals surface area contributed by atoms with E-state index in [2.05, 4.69) is 9.82 Å². The molecule has 7 nitrogen and oxygen atoms in total. The number of carbonyl (C=O) groups excluding carboxylic acids is 1. The van der Waals surface area contributed by atoms with E-state index in [-0.39, 0.29) is 0 Å². The summed E-state index contributed by atoms with van der Waals surface area (Å²) in [7, 11) is -1.66. The summed E-state index contributed by atoms with van der Waals surface area (Å²) in [5.41, 5.74) is 5.31. The highest BCUT2D eigenvalue weighted by atomic mass is 31.1. The molecule has 0 aliphatic heterocycles. The Kier molecular flexibility index (Phi) is 4.93. The third kappa shape index (κ3) is 3.62. The molecule has 0 aliphatic carbocycles. The first-order valence-electron chi connectivity index (χ1n) is 4.14. The Hall–Kier alpha value is -0.910. The average molecular weight is 238 g/mol. The molecule has 4 N–H and O–H groups in total. The standard InChI is InChI=1S/C7H15N2O5P/c1-4(5(10)14-3)9-15(13)7(2,8)6(11)12/h4,15H,8H2,1-3H3,(H,9,13)(H,11,12). The zero-order valence-corrected chi connectivity index (χ0v) is 9.73. The van der Waals surface area contributed by atoms with Crippen molar-refractivity contribution in [1.82, 2.24) is 5.09 Å². The molecule has 0 radical (unpaired) electrons. The predicted molar refractivity (Wildman–Crippen MR) is 53.8 cm³/mol. The van der Waals surface area contributed by atoms with Crippen LogP contribution in [0, 0.1) is 0 Å². The molecule has 0 aromatic heterocycles. The van der Waals surface area contributed by atoms with Crippen LogP contribution in [0.25, 0.3) is 0 Å². The van der Waals surface area contributed by atoms with E-state index in [1.807, 2.05) is 0 Å². The number of carboxylic acids is 1. The highest BCUT2D eigenvalue weighted by Crippen LogP contribution is 2.31. The van der Waals surface area contributed by atoms with Gasteiger partial charge in [-0.05, 0) is 13.8 Å². The van der Waals surface area contributed by atoms with Crippen molar-refractivity contribution < 1.29 is 24.0 Å². The maximum Gasteiger partial charge on any atom is 0.332 e. The lowest BCUT2D eigenvalue weighted by Gasteiger charge is -2.21. The molecule has 0 bridgehead atoms. The maximum atomic E-state index is 11.5. The van der Waals surface area contributed by atoms with Gasteiger partial charge in [0.05, 0.1) is 7.11 Å². The Morgan fingerprint density at radius 2 is 2.07 bits per heavy atom. The van der Waals surface area contributed by atoms with Crippen LogP contribution in [0.4, 0.5) is 0 Å². The molecular formula is C7H15N2O5P. The second-order valence-corrected chi connectivity index (χ2v) is 5.21. The molecule has 0 rings (SSSR count). The van der Waals surface area contributed by atoms with Crippen molar-refractivity contribution in [1.29, 1.82) is 0 Å². The zero-order chi connectivity index (χ0) is 12.2. The van der Waals surface area contributed by atoms with Gasteiger partial charge in [-0.1, -0.05) is 0 Å². The topological polar surface area (TPSA) is 119 Å². The van der Waals surface area contributed by atoms with Gasteiger partial charge in [0.15, 0.2) is 13.2 Å². The van der Waals surface area contributed by atoms with Crippen LogP contribution in [0.1, 0.15) is 13.8 Å². The van der Waals surface area contributed by atoms with E-state index in [0.29, 0.717) is 0 Å². The fourth-order valence-corrected chi connectivity index (χ4v) is 1.68. The van der Waals surface area contributed by atoms with E-state index in [4.69, 9.17) is 10.8 Å². The Bertz CT molecular complexity index is 291. The third-order valence-corrected chi connectivity index (χ3v) is 3.67. The number of carbonyl (C=O) groups is 2. The van der Waals surface area contributed by atoms with E-state index >= 15 is 0 Å². The molecule has 0 saturated carbocycles. The molecule has 0 aromatic carbocycles. The summed E-state index contributed by atoms with van der Waals surface area (Å²) in [5.74, 6) is -2.02. The highest BCUT2D eigenvalue weighted by Gasteiger charge is 2.36. The summed E-state index contributed by atoms with van der Waals surface area (Å²) in [6.07, 6.45) is 0.